The molecule has 1 saturated carbocycles. The van der Waals surface area contributed by atoms with Gasteiger partial charge in [0.25, 0.3) is 0 Å². The van der Waals surface area contributed by atoms with Crippen molar-refractivity contribution < 1.29 is 24.2 Å². The number of nitrogens with zero attached hydrogens (tertiary/aromatic N) is 3. The van der Waals surface area contributed by atoms with Gasteiger partial charge in [-0.2, -0.15) is 0 Å². The van der Waals surface area contributed by atoms with Gasteiger partial charge in [0.05, 0.1) is 12.9 Å². The van der Waals surface area contributed by atoms with Gasteiger partial charge in [-0.1, -0.05) is 92.0 Å². The minimum Gasteiger partial charge on any atom is -0.489 e. The number of thiol groups is 1. The largest absolute Gasteiger partial charge is 0.489 e. The van der Waals surface area contributed by atoms with Crippen molar-refractivity contribution in [3.05, 3.63) is 120 Å². The normalized spacial score (nSPS) is 14.1. The number of rotatable bonds is 14. The first-order chi connectivity index (χ1) is 21.8. The zero-order valence-electron chi connectivity index (χ0n) is 24.8. The molecule has 1 atom stereocenters. The van der Waals surface area contributed by atoms with Crippen molar-refractivity contribution >= 4 is 30.7 Å². The van der Waals surface area contributed by atoms with Gasteiger partial charge < -0.3 is 25.0 Å². The quantitative estimate of drug-likeness (QED) is 0.146. The molecule has 4 aromatic rings. The summed E-state index contributed by atoms with van der Waals surface area (Å²) in [6.45, 7) is 0.695. The van der Waals surface area contributed by atoms with E-state index in [4.69, 9.17) is 4.74 Å². The second-order valence-electron chi connectivity index (χ2n) is 11.3. The summed E-state index contributed by atoms with van der Waals surface area (Å²) in [5.41, 5.74) is 3.41. The zero-order valence-corrected chi connectivity index (χ0v) is 25.7. The molecule has 0 aliphatic heterocycles. The number of nitrogens with one attached hydrogen (secondary N) is 2. The molecule has 3 aromatic carbocycles. The Morgan fingerprint density at radius 2 is 1.67 bits per heavy atom. The molecule has 0 radical (unpaired) electrons. The second kappa shape index (κ2) is 14.8. The Morgan fingerprint density at radius 3 is 2.27 bits per heavy atom. The van der Waals surface area contributed by atoms with E-state index in [1.807, 2.05) is 72.8 Å². The smallest absolute Gasteiger partial charge is 0.417 e. The fraction of sp³-hybridized carbons (Fsp3) is 0.294. The van der Waals surface area contributed by atoms with Crippen molar-refractivity contribution in [1.82, 2.24) is 24.5 Å². The summed E-state index contributed by atoms with van der Waals surface area (Å²) in [6.07, 6.45) is 4.64. The summed E-state index contributed by atoms with van der Waals surface area (Å²) >= 11 is 4.12. The van der Waals surface area contributed by atoms with Gasteiger partial charge in [-0.3, -0.25) is 9.59 Å². The molecule has 45 heavy (non-hydrogen) atoms. The SMILES string of the molecule is O=C(CN(Cc1ccc(OCc2ccccc2)cc1)C(=O)[C@H](Cc1cnc[nH]1)N(S)C(=O)O)NCC1(c2ccccc2)CCC1. The van der Waals surface area contributed by atoms with Gasteiger partial charge in [-0.05, 0) is 41.7 Å². The van der Waals surface area contributed by atoms with Gasteiger partial charge in [0.1, 0.15) is 18.4 Å². The van der Waals surface area contributed by atoms with E-state index >= 15 is 0 Å². The van der Waals surface area contributed by atoms with E-state index in [0.717, 1.165) is 30.4 Å². The molecular formula is C34H37N5O5S. The molecule has 1 aliphatic carbocycles. The fourth-order valence-electron chi connectivity index (χ4n) is 5.55. The first kappa shape index (κ1) is 31.6. The number of carbonyl (C=O) groups is 3. The number of aromatic nitrogens is 2. The zero-order chi connectivity index (χ0) is 31.6. The number of hydrogen-bond acceptors (Lipinski definition) is 6. The van der Waals surface area contributed by atoms with Gasteiger partial charge in [-0.15, -0.1) is 0 Å². The van der Waals surface area contributed by atoms with Crippen LogP contribution in [0, 0.1) is 0 Å². The van der Waals surface area contributed by atoms with Gasteiger partial charge >= 0.3 is 6.09 Å². The molecule has 0 unspecified atom stereocenters. The van der Waals surface area contributed by atoms with Crippen molar-refractivity contribution in [1.29, 1.82) is 0 Å². The summed E-state index contributed by atoms with van der Waals surface area (Å²) in [6, 6.07) is 26.0. The molecule has 0 bridgehead atoms. The third-order valence-electron chi connectivity index (χ3n) is 8.26. The predicted octanol–water partition coefficient (Wildman–Crippen LogP) is 4.99. The molecule has 0 spiro atoms. The Bertz CT molecular complexity index is 1550. The van der Waals surface area contributed by atoms with E-state index in [-0.39, 0.29) is 30.8 Å². The topological polar surface area (TPSA) is 128 Å². The summed E-state index contributed by atoms with van der Waals surface area (Å²) in [4.78, 5) is 47.6. The first-order valence-electron chi connectivity index (χ1n) is 14.9. The van der Waals surface area contributed by atoms with E-state index in [9.17, 15) is 19.5 Å². The third-order valence-corrected chi connectivity index (χ3v) is 8.71. The van der Waals surface area contributed by atoms with Gasteiger partial charge in [0.2, 0.25) is 11.8 Å². The fourth-order valence-corrected chi connectivity index (χ4v) is 5.73. The number of aromatic amines is 1. The van der Waals surface area contributed by atoms with Crippen LogP contribution in [0.5, 0.6) is 5.75 Å². The highest BCUT2D eigenvalue weighted by Gasteiger charge is 2.39. The predicted molar refractivity (Wildman–Crippen MR) is 173 cm³/mol. The lowest BCUT2D eigenvalue weighted by Crippen LogP contribution is -2.52. The molecule has 1 aliphatic rings. The summed E-state index contributed by atoms with van der Waals surface area (Å²) in [5.74, 6) is -0.216. The average Bonchev–Trinajstić information content (AvgIpc) is 3.56. The summed E-state index contributed by atoms with van der Waals surface area (Å²) in [5, 5.41) is 12.8. The first-order valence-corrected chi connectivity index (χ1v) is 15.3. The minimum absolute atomic E-state index is 0.0101. The van der Waals surface area contributed by atoms with E-state index in [0.29, 0.717) is 28.9 Å². The highest BCUT2D eigenvalue weighted by molar-refractivity contribution is 7.78. The van der Waals surface area contributed by atoms with Crippen LogP contribution in [0.25, 0.3) is 0 Å². The molecule has 234 valence electrons. The average molecular weight is 628 g/mol. The van der Waals surface area contributed by atoms with Crippen molar-refractivity contribution in [3.8, 4) is 5.75 Å². The van der Waals surface area contributed by atoms with Crippen LogP contribution in [0.3, 0.4) is 0 Å². The highest BCUT2D eigenvalue weighted by Crippen LogP contribution is 2.43. The number of hydrogen-bond donors (Lipinski definition) is 4. The van der Waals surface area contributed by atoms with Crippen LogP contribution in [0.2, 0.25) is 0 Å². The van der Waals surface area contributed by atoms with Gasteiger partial charge in [0, 0.05) is 36.8 Å². The molecule has 1 aromatic heterocycles. The Balaban J connectivity index is 1.31. The van der Waals surface area contributed by atoms with Gasteiger partial charge in [0.15, 0.2) is 0 Å². The highest BCUT2D eigenvalue weighted by atomic mass is 32.1. The molecule has 3 amide bonds. The number of carboxylic acid groups (broad SMARTS) is 1. The monoisotopic (exact) mass is 627 g/mol. The number of benzene rings is 3. The van der Waals surface area contributed by atoms with E-state index in [1.165, 1.54) is 23.0 Å². The van der Waals surface area contributed by atoms with Crippen LogP contribution in [-0.4, -0.2) is 61.3 Å². The Labute approximate surface area is 268 Å². The minimum atomic E-state index is -1.38. The molecule has 3 N–H and O–H groups in total. The lowest BCUT2D eigenvalue weighted by Gasteiger charge is -2.42. The number of H-pyrrole nitrogens is 1. The molecule has 1 heterocycles. The number of imidazole rings is 1. The van der Waals surface area contributed by atoms with E-state index < -0.39 is 18.0 Å². The molecule has 0 saturated heterocycles. The van der Waals surface area contributed by atoms with Crippen LogP contribution < -0.4 is 10.1 Å². The molecule has 5 rings (SSSR count). The Morgan fingerprint density at radius 1 is 0.978 bits per heavy atom. The standard InChI is InChI=1S/C34H37N5O5S/c40-31(36-23-34(16-7-17-34)27-10-5-2-6-11-27)21-38(32(41)30(39(45)33(42)43)18-28-19-35-24-37-28)20-25-12-14-29(15-13-25)44-22-26-8-3-1-4-9-26/h1-6,8-15,19,24,30,45H,7,16-18,20-23H2,(H,35,37)(H,36,40)(H,42,43)/t30-/m0/s1. The van der Waals surface area contributed by atoms with Crippen molar-refractivity contribution in [2.24, 2.45) is 0 Å². The molecule has 10 nitrogen and oxygen atoms in total. The molecule has 11 heteroatoms. The van der Waals surface area contributed by atoms with Crippen LogP contribution in [-0.2, 0) is 34.6 Å². The lowest BCUT2D eigenvalue weighted by molar-refractivity contribution is -0.139. The lowest BCUT2D eigenvalue weighted by atomic mass is 9.64. The Kier molecular flexibility index (Phi) is 10.4. The maximum Gasteiger partial charge on any atom is 0.417 e. The number of amides is 3. The van der Waals surface area contributed by atoms with E-state index in [1.54, 1.807) is 0 Å². The van der Waals surface area contributed by atoms with Crippen LogP contribution in [0.1, 0.15) is 41.6 Å². The summed E-state index contributed by atoms with van der Waals surface area (Å²) in [7, 11) is 0. The van der Waals surface area contributed by atoms with Crippen LogP contribution in [0.4, 0.5) is 4.79 Å². The van der Waals surface area contributed by atoms with Gasteiger partial charge in [-0.25, -0.2) is 14.1 Å². The van der Waals surface area contributed by atoms with Crippen molar-refractivity contribution in [2.75, 3.05) is 13.1 Å². The van der Waals surface area contributed by atoms with Crippen molar-refractivity contribution in [2.45, 2.75) is 50.3 Å². The third kappa shape index (κ3) is 8.24. The number of ether oxygens (including phenoxy) is 1. The molecule has 1 fully saturated rings. The van der Waals surface area contributed by atoms with E-state index in [2.05, 4.69) is 40.2 Å². The summed E-state index contributed by atoms with van der Waals surface area (Å²) < 4.78 is 6.57. The second-order valence-corrected chi connectivity index (χ2v) is 11.7. The van der Waals surface area contributed by atoms with Crippen LogP contribution in [0.15, 0.2) is 97.5 Å². The van der Waals surface area contributed by atoms with Crippen molar-refractivity contribution in [3.63, 3.8) is 0 Å². The Hall–Kier alpha value is -4.77. The molecular weight excluding hydrogens is 590 g/mol. The van der Waals surface area contributed by atoms with Crippen LogP contribution >= 0.6 is 12.8 Å². The maximum absolute atomic E-state index is 14.0. The number of carbonyl (C=O) groups excluding carboxylic acids is 2. The maximum atomic E-state index is 14.0.